The molecule has 0 atom stereocenters. The Morgan fingerprint density at radius 2 is 1.84 bits per heavy atom. The van der Waals surface area contributed by atoms with Crippen molar-refractivity contribution in [3.63, 3.8) is 0 Å². The molecule has 1 aliphatic carbocycles. The van der Waals surface area contributed by atoms with E-state index in [9.17, 15) is 4.79 Å². The molecule has 7 heteroatoms. The Morgan fingerprint density at radius 1 is 1.04 bits per heavy atom. The highest BCUT2D eigenvalue weighted by Gasteiger charge is 2.19. The number of aromatic nitrogens is 4. The molecule has 25 heavy (non-hydrogen) atoms. The van der Waals surface area contributed by atoms with Gasteiger partial charge in [-0.15, -0.1) is 0 Å². The second-order valence-corrected chi connectivity index (χ2v) is 8.65. The lowest BCUT2D eigenvalue weighted by Crippen LogP contribution is -2.27. The molecule has 0 bridgehead atoms. The van der Waals surface area contributed by atoms with Crippen molar-refractivity contribution in [3.05, 3.63) is 16.2 Å². The predicted molar refractivity (Wildman–Crippen MR) is 101 cm³/mol. The summed E-state index contributed by atoms with van der Waals surface area (Å²) in [5.41, 5.74) is 0.997. The molecule has 6 nitrogen and oxygen atoms in total. The van der Waals surface area contributed by atoms with Crippen molar-refractivity contribution in [1.82, 2.24) is 25.3 Å². The molecule has 0 radical (unpaired) electrons. The van der Waals surface area contributed by atoms with E-state index in [-0.39, 0.29) is 5.56 Å². The van der Waals surface area contributed by atoms with Crippen molar-refractivity contribution < 1.29 is 0 Å². The first-order valence-electron chi connectivity index (χ1n) is 9.64. The van der Waals surface area contributed by atoms with Gasteiger partial charge in [0.15, 0.2) is 16.3 Å². The molecule has 2 fully saturated rings. The van der Waals surface area contributed by atoms with Gasteiger partial charge in [-0.2, -0.15) is 0 Å². The van der Waals surface area contributed by atoms with E-state index >= 15 is 0 Å². The maximum atomic E-state index is 12.3. The lowest BCUT2D eigenvalue weighted by atomic mass is 9.92. The molecule has 0 spiro atoms. The second-order valence-electron chi connectivity index (χ2n) is 7.36. The first kappa shape index (κ1) is 17.1. The number of hydrogen-bond donors (Lipinski definition) is 3. The number of imidazole rings is 1. The van der Waals surface area contributed by atoms with Crippen molar-refractivity contribution >= 4 is 22.9 Å². The number of fused-ring (bicyclic) bond motifs is 1. The van der Waals surface area contributed by atoms with Crippen LogP contribution in [0.1, 0.15) is 57.2 Å². The van der Waals surface area contributed by atoms with E-state index in [4.69, 9.17) is 0 Å². The van der Waals surface area contributed by atoms with Crippen LogP contribution in [-0.2, 0) is 6.42 Å². The molecule has 1 saturated carbocycles. The zero-order valence-electron chi connectivity index (χ0n) is 14.6. The summed E-state index contributed by atoms with van der Waals surface area (Å²) in [6.45, 7) is 2.30. The summed E-state index contributed by atoms with van der Waals surface area (Å²) in [6.07, 6.45) is 10.8. The Kier molecular flexibility index (Phi) is 5.41. The van der Waals surface area contributed by atoms with Crippen molar-refractivity contribution in [2.24, 2.45) is 5.92 Å². The van der Waals surface area contributed by atoms with Crippen LogP contribution in [0.4, 0.5) is 0 Å². The number of nitrogens with zero attached hydrogens (tertiary/aromatic N) is 2. The Labute approximate surface area is 152 Å². The summed E-state index contributed by atoms with van der Waals surface area (Å²) in [5.74, 6) is 1.73. The highest BCUT2D eigenvalue weighted by Crippen LogP contribution is 2.32. The standard InChI is InChI=1S/C18H27N5OS/c24-17-15-16(22-18(23-17)25-13-5-1-2-6-13)21-14(20-15)7-3-4-12-8-10-19-11-9-12/h12-13,19H,1-11H2,(H2,20,21,22,23,24). The number of aromatic amines is 2. The Morgan fingerprint density at radius 3 is 2.64 bits per heavy atom. The van der Waals surface area contributed by atoms with Crippen molar-refractivity contribution in [3.8, 4) is 0 Å². The number of aryl methyl sites for hydroxylation is 1. The summed E-state index contributed by atoms with van der Waals surface area (Å²) in [6, 6.07) is 0. The summed E-state index contributed by atoms with van der Waals surface area (Å²) < 4.78 is 0. The third-order valence-corrected chi connectivity index (χ3v) is 6.68. The fourth-order valence-electron chi connectivity index (χ4n) is 4.00. The zero-order valence-corrected chi connectivity index (χ0v) is 15.5. The smallest absolute Gasteiger partial charge is 0.277 e. The van der Waals surface area contributed by atoms with Crippen molar-refractivity contribution in [1.29, 1.82) is 0 Å². The van der Waals surface area contributed by atoms with E-state index in [1.165, 1.54) is 44.9 Å². The average Bonchev–Trinajstić information content (AvgIpc) is 3.26. The molecule has 1 saturated heterocycles. The zero-order chi connectivity index (χ0) is 17.1. The molecule has 2 aromatic rings. The molecule has 3 heterocycles. The van der Waals surface area contributed by atoms with Crippen molar-refractivity contribution in [2.75, 3.05) is 13.1 Å². The molecule has 4 rings (SSSR count). The molecular weight excluding hydrogens is 334 g/mol. The maximum Gasteiger partial charge on any atom is 0.277 e. The molecule has 0 aromatic carbocycles. The van der Waals surface area contributed by atoms with Gasteiger partial charge < -0.3 is 10.3 Å². The Hall–Kier alpha value is -1.34. The molecule has 2 aliphatic rings. The fraction of sp³-hybridized carbons (Fsp3) is 0.722. The number of nitrogens with one attached hydrogen (secondary N) is 3. The molecule has 0 unspecified atom stereocenters. The lowest BCUT2D eigenvalue weighted by molar-refractivity contribution is 0.346. The molecule has 3 N–H and O–H groups in total. The SMILES string of the molecule is O=c1[nH]c(SC2CCCC2)nc2nc(CCCC3CCNCC3)[nH]c12. The van der Waals surface area contributed by atoms with E-state index in [1.54, 1.807) is 11.8 Å². The minimum Gasteiger partial charge on any atom is -0.336 e. The van der Waals surface area contributed by atoms with Gasteiger partial charge in [-0.25, -0.2) is 9.97 Å². The third kappa shape index (κ3) is 4.26. The van der Waals surface area contributed by atoms with Gasteiger partial charge in [-0.3, -0.25) is 9.78 Å². The first-order chi connectivity index (χ1) is 12.3. The highest BCUT2D eigenvalue weighted by molar-refractivity contribution is 7.99. The van der Waals surface area contributed by atoms with Crippen LogP contribution in [0.5, 0.6) is 0 Å². The number of hydrogen-bond acceptors (Lipinski definition) is 5. The van der Waals surface area contributed by atoms with Gasteiger partial charge in [0.1, 0.15) is 5.82 Å². The number of piperidine rings is 1. The van der Waals surface area contributed by atoms with Gasteiger partial charge in [-0.05, 0) is 57.5 Å². The van der Waals surface area contributed by atoms with E-state index in [2.05, 4.69) is 25.3 Å². The van der Waals surface area contributed by atoms with Gasteiger partial charge in [0, 0.05) is 11.7 Å². The molecule has 1 aliphatic heterocycles. The van der Waals surface area contributed by atoms with Crippen LogP contribution < -0.4 is 10.9 Å². The normalized spacial score (nSPS) is 19.8. The summed E-state index contributed by atoms with van der Waals surface area (Å²) in [7, 11) is 0. The number of thioether (sulfide) groups is 1. The maximum absolute atomic E-state index is 12.3. The van der Waals surface area contributed by atoms with Gasteiger partial charge in [-0.1, -0.05) is 24.6 Å². The second kappa shape index (κ2) is 7.91. The first-order valence-corrected chi connectivity index (χ1v) is 10.5. The Bertz CT molecular complexity index is 758. The quantitative estimate of drug-likeness (QED) is 0.689. The number of H-pyrrole nitrogens is 2. The van der Waals surface area contributed by atoms with Gasteiger partial charge >= 0.3 is 0 Å². The molecule has 2 aromatic heterocycles. The van der Waals surface area contributed by atoms with Gasteiger partial charge in [0.05, 0.1) is 0 Å². The van der Waals surface area contributed by atoms with Crippen LogP contribution in [0.2, 0.25) is 0 Å². The van der Waals surface area contributed by atoms with Crippen LogP contribution in [-0.4, -0.2) is 38.3 Å². The number of rotatable bonds is 6. The average molecular weight is 362 g/mol. The van der Waals surface area contributed by atoms with E-state index < -0.39 is 0 Å². The monoisotopic (exact) mass is 361 g/mol. The third-order valence-electron chi connectivity index (χ3n) is 5.45. The van der Waals surface area contributed by atoms with Gasteiger partial charge in [0.2, 0.25) is 0 Å². The molecular formula is C18H27N5OS. The van der Waals surface area contributed by atoms with E-state index in [0.717, 1.165) is 42.8 Å². The van der Waals surface area contributed by atoms with Crippen LogP contribution in [0.15, 0.2) is 9.95 Å². The lowest BCUT2D eigenvalue weighted by Gasteiger charge is -2.22. The van der Waals surface area contributed by atoms with Crippen LogP contribution in [0.25, 0.3) is 11.2 Å². The summed E-state index contributed by atoms with van der Waals surface area (Å²) in [5, 5.41) is 4.72. The summed E-state index contributed by atoms with van der Waals surface area (Å²) in [4.78, 5) is 27.6. The van der Waals surface area contributed by atoms with Crippen LogP contribution in [0.3, 0.4) is 0 Å². The van der Waals surface area contributed by atoms with E-state index in [0.29, 0.717) is 16.4 Å². The Balaban J connectivity index is 1.40. The minimum atomic E-state index is -0.0948. The van der Waals surface area contributed by atoms with Crippen molar-refractivity contribution in [2.45, 2.75) is 68.2 Å². The van der Waals surface area contributed by atoms with Gasteiger partial charge in [0.25, 0.3) is 5.56 Å². The minimum absolute atomic E-state index is 0.0948. The largest absolute Gasteiger partial charge is 0.336 e. The van der Waals surface area contributed by atoms with Crippen LogP contribution >= 0.6 is 11.8 Å². The highest BCUT2D eigenvalue weighted by atomic mass is 32.2. The molecule has 0 amide bonds. The van der Waals surface area contributed by atoms with Crippen LogP contribution in [0, 0.1) is 5.92 Å². The topological polar surface area (TPSA) is 86.5 Å². The summed E-state index contributed by atoms with van der Waals surface area (Å²) >= 11 is 1.70. The van der Waals surface area contributed by atoms with E-state index in [1.807, 2.05) is 0 Å². The predicted octanol–water partition coefficient (Wildman–Crippen LogP) is 3.00. The molecule has 136 valence electrons. The fourth-order valence-corrected chi connectivity index (χ4v) is 5.18.